The van der Waals surface area contributed by atoms with Crippen molar-refractivity contribution < 1.29 is 14.3 Å². The molecule has 0 saturated heterocycles. The Labute approximate surface area is 150 Å². The zero-order chi connectivity index (χ0) is 18.0. The van der Waals surface area contributed by atoms with Gasteiger partial charge >= 0.3 is 0 Å². The van der Waals surface area contributed by atoms with Crippen LogP contribution < -0.4 is 5.32 Å². The Kier molecular flexibility index (Phi) is 5.01. The highest BCUT2D eigenvalue weighted by atomic mass is 32.1. The summed E-state index contributed by atoms with van der Waals surface area (Å²) < 4.78 is 5.03. The van der Waals surface area contributed by atoms with Crippen molar-refractivity contribution in [1.29, 1.82) is 0 Å². The number of imide groups is 1. The highest BCUT2D eigenvalue weighted by molar-refractivity contribution is 7.11. The van der Waals surface area contributed by atoms with Crippen LogP contribution in [0.5, 0.6) is 0 Å². The van der Waals surface area contributed by atoms with Gasteiger partial charge in [-0.05, 0) is 48.6 Å². The molecule has 2 heterocycles. The molecule has 0 unspecified atom stereocenters. The average molecular weight is 356 g/mol. The highest BCUT2D eigenvalue weighted by Gasteiger charge is 2.39. The lowest BCUT2D eigenvalue weighted by Gasteiger charge is -2.14. The summed E-state index contributed by atoms with van der Waals surface area (Å²) in [6.45, 7) is 4.55. The molecule has 0 bridgehead atoms. The molecule has 0 saturated carbocycles. The van der Waals surface area contributed by atoms with Gasteiger partial charge in [0.05, 0.1) is 18.7 Å². The van der Waals surface area contributed by atoms with Gasteiger partial charge < -0.3 is 10.1 Å². The van der Waals surface area contributed by atoms with Crippen molar-refractivity contribution in [3.05, 3.63) is 57.4 Å². The first kappa shape index (κ1) is 17.4. The second-order valence-electron chi connectivity index (χ2n) is 5.98. The molecule has 1 aliphatic heterocycles. The molecule has 2 aromatic rings. The maximum absolute atomic E-state index is 12.8. The van der Waals surface area contributed by atoms with E-state index >= 15 is 0 Å². The summed E-state index contributed by atoms with van der Waals surface area (Å²) in [5.74, 6) is -0.596. The molecule has 0 aliphatic carbocycles. The number of thiophene rings is 1. The first-order valence-corrected chi connectivity index (χ1v) is 8.88. The van der Waals surface area contributed by atoms with Gasteiger partial charge in [0.2, 0.25) is 0 Å². The number of nitrogens with zero attached hydrogens (tertiary/aromatic N) is 1. The number of amides is 2. The molecule has 0 spiro atoms. The lowest BCUT2D eigenvalue weighted by atomic mass is 10.1. The molecule has 1 N–H and O–H groups in total. The Morgan fingerprint density at radius 1 is 1.12 bits per heavy atom. The van der Waals surface area contributed by atoms with Crippen molar-refractivity contribution in [2.75, 3.05) is 25.6 Å². The van der Waals surface area contributed by atoms with E-state index in [4.69, 9.17) is 4.74 Å². The van der Waals surface area contributed by atoms with E-state index in [-0.39, 0.29) is 18.4 Å². The number of aryl methyl sites for hydroxylation is 2. The van der Waals surface area contributed by atoms with Gasteiger partial charge in [-0.2, -0.15) is 0 Å². The van der Waals surface area contributed by atoms with Gasteiger partial charge in [-0.15, -0.1) is 11.3 Å². The van der Waals surface area contributed by atoms with Crippen LogP contribution in [0.2, 0.25) is 0 Å². The fourth-order valence-corrected chi connectivity index (χ4v) is 3.69. The van der Waals surface area contributed by atoms with E-state index in [1.54, 1.807) is 7.11 Å². The average Bonchev–Trinajstić information content (AvgIpc) is 3.14. The molecule has 5 nitrogen and oxygen atoms in total. The molecule has 25 heavy (non-hydrogen) atoms. The van der Waals surface area contributed by atoms with E-state index in [0.717, 1.165) is 21.7 Å². The summed E-state index contributed by atoms with van der Waals surface area (Å²) in [5, 5.41) is 5.08. The lowest BCUT2D eigenvalue weighted by Crippen LogP contribution is -2.35. The van der Waals surface area contributed by atoms with E-state index in [2.05, 4.69) is 11.4 Å². The van der Waals surface area contributed by atoms with Crippen LogP contribution in [0.3, 0.4) is 0 Å². The monoisotopic (exact) mass is 356 g/mol. The topological polar surface area (TPSA) is 58.6 Å². The van der Waals surface area contributed by atoms with Crippen molar-refractivity contribution in [3.8, 4) is 0 Å². The van der Waals surface area contributed by atoms with Crippen LogP contribution in [0.4, 0.5) is 5.69 Å². The van der Waals surface area contributed by atoms with E-state index in [1.165, 1.54) is 16.2 Å². The van der Waals surface area contributed by atoms with Crippen molar-refractivity contribution in [2.45, 2.75) is 13.8 Å². The van der Waals surface area contributed by atoms with Crippen molar-refractivity contribution >= 4 is 34.4 Å². The predicted molar refractivity (Wildman–Crippen MR) is 99.4 cm³/mol. The Hall–Kier alpha value is -2.44. The van der Waals surface area contributed by atoms with Crippen LogP contribution in [0.25, 0.3) is 5.57 Å². The molecular weight excluding hydrogens is 336 g/mol. The summed E-state index contributed by atoms with van der Waals surface area (Å²) in [5.41, 5.74) is 3.74. The highest BCUT2D eigenvalue weighted by Crippen LogP contribution is 2.33. The molecular formula is C19H20N2O3S. The summed E-state index contributed by atoms with van der Waals surface area (Å²) in [4.78, 5) is 27.7. The number of carbonyl (C=O) groups is 2. The summed E-state index contributed by atoms with van der Waals surface area (Å²) in [7, 11) is 1.55. The number of methoxy groups -OCH3 is 1. The van der Waals surface area contributed by atoms with E-state index in [0.29, 0.717) is 17.9 Å². The van der Waals surface area contributed by atoms with Crippen LogP contribution >= 0.6 is 11.3 Å². The number of benzene rings is 1. The molecule has 1 aromatic carbocycles. The molecule has 3 rings (SSSR count). The molecule has 130 valence electrons. The number of rotatable bonds is 6. The van der Waals surface area contributed by atoms with Crippen LogP contribution in [0, 0.1) is 13.8 Å². The normalized spacial score (nSPS) is 14.6. The van der Waals surface area contributed by atoms with Crippen LogP contribution in [0.1, 0.15) is 16.0 Å². The summed E-state index contributed by atoms with van der Waals surface area (Å²) in [6.07, 6.45) is 0. The Morgan fingerprint density at radius 3 is 2.44 bits per heavy atom. The third kappa shape index (κ3) is 3.50. The first-order valence-electron chi connectivity index (χ1n) is 8.00. The second kappa shape index (κ2) is 7.21. The third-order valence-electron chi connectivity index (χ3n) is 3.95. The maximum atomic E-state index is 12.8. The Balaban J connectivity index is 2.01. The van der Waals surface area contributed by atoms with Gasteiger partial charge in [-0.25, -0.2) is 0 Å². The van der Waals surface area contributed by atoms with Gasteiger partial charge in [0.25, 0.3) is 11.8 Å². The number of hydrogen-bond donors (Lipinski definition) is 1. The maximum Gasteiger partial charge on any atom is 0.278 e. The first-order chi connectivity index (χ1) is 12.0. The Bertz CT molecular complexity index is 820. The zero-order valence-electron chi connectivity index (χ0n) is 14.5. The van der Waals surface area contributed by atoms with Crippen molar-refractivity contribution in [1.82, 2.24) is 4.90 Å². The number of anilines is 1. The van der Waals surface area contributed by atoms with Crippen LogP contribution in [0.15, 0.2) is 41.4 Å². The largest absolute Gasteiger partial charge is 0.383 e. The van der Waals surface area contributed by atoms with E-state index < -0.39 is 0 Å². The molecule has 0 radical (unpaired) electrons. The predicted octanol–water partition coefficient (Wildman–Crippen LogP) is 3.20. The third-order valence-corrected chi connectivity index (χ3v) is 4.83. The van der Waals surface area contributed by atoms with E-state index in [9.17, 15) is 9.59 Å². The summed E-state index contributed by atoms with van der Waals surface area (Å²) in [6, 6.07) is 9.71. The number of hydrogen-bond acceptors (Lipinski definition) is 5. The van der Waals surface area contributed by atoms with Crippen LogP contribution in [-0.4, -0.2) is 37.0 Å². The van der Waals surface area contributed by atoms with Gasteiger partial charge in [-0.3, -0.25) is 14.5 Å². The number of ether oxygens (including phenoxy) is 1. The quantitative estimate of drug-likeness (QED) is 0.808. The molecule has 1 aliphatic rings. The van der Waals surface area contributed by atoms with Gasteiger partial charge in [0.1, 0.15) is 5.70 Å². The fourth-order valence-electron chi connectivity index (χ4n) is 2.92. The molecule has 6 heteroatoms. The van der Waals surface area contributed by atoms with Gasteiger partial charge in [-0.1, -0.05) is 12.1 Å². The molecule has 0 atom stereocenters. The van der Waals surface area contributed by atoms with E-state index in [1.807, 2.05) is 43.5 Å². The molecule has 2 amide bonds. The minimum Gasteiger partial charge on any atom is -0.383 e. The molecule has 0 fully saturated rings. The van der Waals surface area contributed by atoms with Crippen molar-refractivity contribution in [2.24, 2.45) is 0 Å². The number of nitrogens with one attached hydrogen (secondary N) is 1. The second-order valence-corrected chi connectivity index (χ2v) is 6.93. The lowest BCUT2D eigenvalue weighted by molar-refractivity contribution is -0.137. The SMILES string of the molecule is COCCN1C(=O)C(Nc2cc(C)cc(C)c2)=C(c2cccs2)C1=O. The minimum absolute atomic E-state index is 0.237. The fraction of sp³-hybridized carbons (Fsp3) is 0.263. The molecule has 1 aromatic heterocycles. The standard InChI is InChI=1S/C19H20N2O3S/c1-12-9-13(2)11-14(10-12)20-17-16(15-5-4-8-25-15)18(22)21(19(17)23)6-7-24-3/h4-5,8-11,20H,6-7H2,1-3H3. The van der Waals surface area contributed by atoms with Crippen LogP contribution in [-0.2, 0) is 14.3 Å². The summed E-state index contributed by atoms with van der Waals surface area (Å²) >= 11 is 1.44. The number of carbonyl (C=O) groups excluding carboxylic acids is 2. The van der Waals surface area contributed by atoms with Gasteiger partial charge in [0.15, 0.2) is 0 Å². The van der Waals surface area contributed by atoms with Crippen molar-refractivity contribution in [3.63, 3.8) is 0 Å². The minimum atomic E-state index is -0.315. The Morgan fingerprint density at radius 2 is 1.84 bits per heavy atom. The van der Waals surface area contributed by atoms with Gasteiger partial charge in [0, 0.05) is 17.7 Å². The zero-order valence-corrected chi connectivity index (χ0v) is 15.3. The smallest absolute Gasteiger partial charge is 0.278 e.